The summed E-state index contributed by atoms with van der Waals surface area (Å²) in [5, 5.41) is 6.96. The molecule has 114 valence electrons. The number of aryl methyl sites for hydroxylation is 2. The zero-order valence-electron chi connectivity index (χ0n) is 13.5. The van der Waals surface area contributed by atoms with Crippen molar-refractivity contribution in [2.45, 2.75) is 40.0 Å². The number of hydrogen-bond donors (Lipinski definition) is 1. The second kappa shape index (κ2) is 7.71. The second-order valence-corrected chi connectivity index (χ2v) is 7.29. The average molecular weight is 302 g/mol. The summed E-state index contributed by atoms with van der Waals surface area (Å²) < 4.78 is 0. The molecule has 1 aromatic heterocycles. The Balaban J connectivity index is 2.09. The van der Waals surface area contributed by atoms with Gasteiger partial charge < -0.3 is 5.32 Å². The Kier molecular flexibility index (Phi) is 5.95. The zero-order valence-corrected chi connectivity index (χ0v) is 14.3. The molecule has 1 N–H and O–H groups in total. The molecule has 1 heterocycles. The van der Waals surface area contributed by atoms with Gasteiger partial charge in [0.2, 0.25) is 0 Å². The van der Waals surface area contributed by atoms with Gasteiger partial charge in [0.25, 0.3) is 0 Å². The molecule has 0 radical (unpaired) electrons. The van der Waals surface area contributed by atoms with Crippen LogP contribution in [0.2, 0.25) is 0 Å². The summed E-state index contributed by atoms with van der Waals surface area (Å²) in [6.45, 7) is 10.8. The molecule has 0 spiro atoms. The molecule has 0 bridgehead atoms. The minimum Gasteiger partial charge on any atom is -0.316 e. The first kappa shape index (κ1) is 16.2. The molecule has 2 nitrogen and oxygen atoms in total. The van der Waals surface area contributed by atoms with Crippen LogP contribution in [0.5, 0.6) is 0 Å². The van der Waals surface area contributed by atoms with E-state index in [4.69, 9.17) is 0 Å². The van der Waals surface area contributed by atoms with Crippen LogP contribution in [0.15, 0.2) is 29.6 Å². The van der Waals surface area contributed by atoms with Crippen molar-refractivity contribution in [3.63, 3.8) is 0 Å². The fraction of sp³-hybridized carbons (Fsp3) is 0.500. The van der Waals surface area contributed by atoms with Gasteiger partial charge in [-0.25, -0.2) is 4.98 Å². The maximum Gasteiger partial charge on any atom is 0.0897 e. The van der Waals surface area contributed by atoms with E-state index in [2.05, 4.69) is 67.6 Å². The van der Waals surface area contributed by atoms with Gasteiger partial charge in [-0.3, -0.25) is 0 Å². The molecule has 0 saturated carbocycles. The number of benzene rings is 1. The maximum atomic E-state index is 4.63. The van der Waals surface area contributed by atoms with Gasteiger partial charge in [-0.05, 0) is 38.3 Å². The van der Waals surface area contributed by atoms with Crippen LogP contribution in [-0.4, -0.2) is 18.1 Å². The molecule has 0 aliphatic heterocycles. The van der Waals surface area contributed by atoms with Crippen molar-refractivity contribution in [2.75, 3.05) is 13.1 Å². The SMILES string of the molecule is Cc1cccc(C(CNCC(C)C)Cc2csc(C)n2)c1. The number of nitrogens with zero attached hydrogens (tertiary/aromatic N) is 1. The second-order valence-electron chi connectivity index (χ2n) is 6.23. The first-order valence-corrected chi connectivity index (χ1v) is 8.61. The third-order valence-corrected chi connectivity index (χ3v) is 4.40. The fourth-order valence-electron chi connectivity index (χ4n) is 2.53. The van der Waals surface area contributed by atoms with E-state index in [9.17, 15) is 0 Å². The van der Waals surface area contributed by atoms with E-state index in [1.54, 1.807) is 11.3 Å². The molecular weight excluding hydrogens is 276 g/mol. The first-order valence-electron chi connectivity index (χ1n) is 7.73. The summed E-state index contributed by atoms with van der Waals surface area (Å²) in [7, 11) is 0. The third-order valence-electron chi connectivity index (χ3n) is 3.58. The van der Waals surface area contributed by atoms with Gasteiger partial charge in [0, 0.05) is 17.8 Å². The monoisotopic (exact) mass is 302 g/mol. The van der Waals surface area contributed by atoms with Crippen molar-refractivity contribution >= 4 is 11.3 Å². The van der Waals surface area contributed by atoms with Crippen molar-refractivity contribution in [3.05, 3.63) is 51.5 Å². The molecule has 3 heteroatoms. The van der Waals surface area contributed by atoms with E-state index in [1.165, 1.54) is 16.8 Å². The topological polar surface area (TPSA) is 24.9 Å². The van der Waals surface area contributed by atoms with Crippen molar-refractivity contribution in [1.82, 2.24) is 10.3 Å². The van der Waals surface area contributed by atoms with Crippen LogP contribution in [0.1, 0.15) is 41.6 Å². The van der Waals surface area contributed by atoms with E-state index in [0.29, 0.717) is 11.8 Å². The summed E-state index contributed by atoms with van der Waals surface area (Å²) in [5.74, 6) is 1.18. The molecule has 0 aliphatic carbocycles. The Morgan fingerprint density at radius 1 is 1.19 bits per heavy atom. The summed E-state index contributed by atoms with van der Waals surface area (Å²) in [6, 6.07) is 8.87. The highest BCUT2D eigenvalue weighted by molar-refractivity contribution is 7.09. The molecule has 21 heavy (non-hydrogen) atoms. The van der Waals surface area contributed by atoms with Crippen molar-refractivity contribution in [2.24, 2.45) is 5.92 Å². The molecule has 1 unspecified atom stereocenters. The molecule has 0 fully saturated rings. The number of aromatic nitrogens is 1. The molecule has 1 aromatic carbocycles. The highest BCUT2D eigenvalue weighted by Gasteiger charge is 2.14. The Morgan fingerprint density at radius 3 is 2.62 bits per heavy atom. The average Bonchev–Trinajstić information content (AvgIpc) is 2.83. The van der Waals surface area contributed by atoms with E-state index < -0.39 is 0 Å². The first-order chi connectivity index (χ1) is 10.0. The van der Waals surface area contributed by atoms with Gasteiger partial charge in [-0.2, -0.15) is 0 Å². The van der Waals surface area contributed by atoms with Crippen LogP contribution in [-0.2, 0) is 6.42 Å². The standard InChI is InChI=1S/C18H26N2S/c1-13(2)10-19-11-17(9-18-12-21-15(4)20-18)16-7-5-6-14(3)8-16/h5-8,12-13,17,19H,9-11H2,1-4H3. The van der Waals surface area contributed by atoms with Crippen LogP contribution in [0.3, 0.4) is 0 Å². The van der Waals surface area contributed by atoms with E-state index in [1.807, 2.05) is 0 Å². The number of thiazole rings is 1. The van der Waals surface area contributed by atoms with Crippen molar-refractivity contribution in [3.8, 4) is 0 Å². The van der Waals surface area contributed by atoms with Crippen molar-refractivity contribution in [1.29, 1.82) is 0 Å². The maximum absolute atomic E-state index is 4.63. The van der Waals surface area contributed by atoms with Crippen LogP contribution in [0.25, 0.3) is 0 Å². The normalized spacial score (nSPS) is 12.8. The van der Waals surface area contributed by atoms with Gasteiger partial charge in [0.1, 0.15) is 0 Å². The molecule has 1 atom stereocenters. The van der Waals surface area contributed by atoms with Crippen molar-refractivity contribution < 1.29 is 0 Å². The van der Waals surface area contributed by atoms with E-state index in [0.717, 1.165) is 24.5 Å². The lowest BCUT2D eigenvalue weighted by Crippen LogP contribution is -2.26. The van der Waals surface area contributed by atoms with Gasteiger partial charge in [-0.1, -0.05) is 43.7 Å². The quantitative estimate of drug-likeness (QED) is 0.823. The van der Waals surface area contributed by atoms with Crippen LogP contribution in [0, 0.1) is 19.8 Å². The van der Waals surface area contributed by atoms with Gasteiger partial charge in [-0.15, -0.1) is 11.3 Å². The number of rotatable bonds is 7. The summed E-state index contributed by atoms with van der Waals surface area (Å²) in [4.78, 5) is 4.63. The minimum atomic E-state index is 0.491. The Bertz CT molecular complexity index is 560. The van der Waals surface area contributed by atoms with E-state index >= 15 is 0 Å². The molecule has 0 saturated heterocycles. The zero-order chi connectivity index (χ0) is 15.2. The third kappa shape index (κ3) is 5.25. The largest absolute Gasteiger partial charge is 0.316 e. The molecule has 0 aliphatic rings. The Labute approximate surface area is 132 Å². The number of hydrogen-bond acceptors (Lipinski definition) is 3. The minimum absolute atomic E-state index is 0.491. The van der Waals surface area contributed by atoms with Crippen LogP contribution in [0.4, 0.5) is 0 Å². The highest BCUT2D eigenvalue weighted by atomic mass is 32.1. The molecule has 0 amide bonds. The lowest BCUT2D eigenvalue weighted by Gasteiger charge is -2.19. The molecule has 2 rings (SSSR count). The lowest BCUT2D eigenvalue weighted by atomic mass is 9.93. The van der Waals surface area contributed by atoms with Crippen LogP contribution >= 0.6 is 11.3 Å². The van der Waals surface area contributed by atoms with Gasteiger partial charge in [0.15, 0.2) is 0 Å². The lowest BCUT2D eigenvalue weighted by molar-refractivity contribution is 0.512. The van der Waals surface area contributed by atoms with Crippen LogP contribution < -0.4 is 5.32 Å². The number of nitrogens with one attached hydrogen (secondary N) is 1. The fourth-order valence-corrected chi connectivity index (χ4v) is 3.16. The van der Waals surface area contributed by atoms with Gasteiger partial charge >= 0.3 is 0 Å². The molecule has 2 aromatic rings. The Morgan fingerprint density at radius 2 is 2.00 bits per heavy atom. The predicted octanol–water partition coefficient (Wildman–Crippen LogP) is 4.33. The summed E-state index contributed by atoms with van der Waals surface area (Å²) in [6.07, 6.45) is 1.01. The van der Waals surface area contributed by atoms with Gasteiger partial charge in [0.05, 0.1) is 10.7 Å². The Hall–Kier alpha value is -1.19. The summed E-state index contributed by atoms with van der Waals surface area (Å²) >= 11 is 1.74. The summed E-state index contributed by atoms with van der Waals surface area (Å²) in [5.41, 5.74) is 3.96. The van der Waals surface area contributed by atoms with E-state index in [-0.39, 0.29) is 0 Å². The predicted molar refractivity (Wildman–Crippen MR) is 92.2 cm³/mol. The molecular formula is C18H26N2S. The smallest absolute Gasteiger partial charge is 0.0897 e. The highest BCUT2D eigenvalue weighted by Crippen LogP contribution is 2.22.